The minimum absolute atomic E-state index is 0.122. The quantitative estimate of drug-likeness (QED) is 0.814. The van der Waals surface area contributed by atoms with E-state index in [0.29, 0.717) is 30.6 Å². The fraction of sp³-hybridized carbons (Fsp3) is 0.706. The molecule has 1 saturated carbocycles. The maximum absolute atomic E-state index is 12.9. The lowest BCUT2D eigenvalue weighted by molar-refractivity contribution is 0.0706. The van der Waals surface area contributed by atoms with Crippen molar-refractivity contribution < 1.29 is 9.21 Å². The molecule has 1 unspecified atom stereocenters. The Labute approximate surface area is 152 Å². The standard InChI is InChI=1S/C17H25N7O2/c1-12-14(26-11-18-12)15(25)23-9-8-17(10-23,22(2)3)16-19-20-21-24(16)13-6-4-5-7-13/h11,13H,4-10H2,1-3H3. The zero-order valence-corrected chi connectivity index (χ0v) is 15.6. The molecule has 0 spiro atoms. The lowest BCUT2D eigenvalue weighted by Gasteiger charge is -2.35. The van der Waals surface area contributed by atoms with Crippen molar-refractivity contribution in [2.75, 3.05) is 27.2 Å². The summed E-state index contributed by atoms with van der Waals surface area (Å²) in [4.78, 5) is 20.9. The molecule has 1 aliphatic heterocycles. The molecule has 140 valence electrons. The van der Waals surface area contributed by atoms with Gasteiger partial charge in [-0.15, -0.1) is 5.10 Å². The van der Waals surface area contributed by atoms with Crippen LogP contribution in [0.1, 0.15) is 60.2 Å². The minimum atomic E-state index is -0.393. The van der Waals surface area contributed by atoms with Crippen molar-refractivity contribution in [1.82, 2.24) is 35.0 Å². The van der Waals surface area contributed by atoms with Crippen LogP contribution in [-0.4, -0.2) is 68.1 Å². The van der Waals surface area contributed by atoms with Crippen LogP contribution in [0.3, 0.4) is 0 Å². The van der Waals surface area contributed by atoms with Crippen LogP contribution in [-0.2, 0) is 5.54 Å². The fourth-order valence-electron chi connectivity index (χ4n) is 4.26. The van der Waals surface area contributed by atoms with E-state index in [0.717, 1.165) is 25.1 Å². The Bertz CT molecular complexity index is 793. The highest BCUT2D eigenvalue weighted by Crippen LogP contribution is 2.39. The first-order valence-electron chi connectivity index (χ1n) is 9.18. The van der Waals surface area contributed by atoms with Crippen LogP contribution in [0, 0.1) is 6.92 Å². The molecule has 1 atom stereocenters. The number of hydrogen-bond acceptors (Lipinski definition) is 7. The van der Waals surface area contributed by atoms with E-state index >= 15 is 0 Å². The normalized spacial score (nSPS) is 24.1. The first-order chi connectivity index (χ1) is 12.5. The van der Waals surface area contributed by atoms with Crippen LogP contribution in [0.4, 0.5) is 0 Å². The molecule has 0 bridgehead atoms. The number of hydrogen-bond donors (Lipinski definition) is 0. The number of oxazole rings is 1. The number of likely N-dealkylation sites (N-methyl/N-ethyl adjacent to an activating group) is 1. The second kappa shape index (κ2) is 6.46. The average molecular weight is 359 g/mol. The van der Waals surface area contributed by atoms with Crippen LogP contribution in [0.25, 0.3) is 0 Å². The Morgan fingerprint density at radius 1 is 1.35 bits per heavy atom. The monoisotopic (exact) mass is 359 g/mol. The number of likely N-dealkylation sites (tertiary alicyclic amines) is 1. The second-order valence-electron chi connectivity index (χ2n) is 7.55. The third kappa shape index (κ3) is 2.61. The SMILES string of the molecule is Cc1ncoc1C(=O)N1CCC(c2nnnn2C2CCCC2)(N(C)C)C1. The summed E-state index contributed by atoms with van der Waals surface area (Å²) in [5.41, 5.74) is 0.225. The van der Waals surface area contributed by atoms with Gasteiger partial charge in [0.05, 0.1) is 11.7 Å². The molecule has 4 rings (SSSR count). The van der Waals surface area contributed by atoms with Crippen molar-refractivity contribution in [2.45, 2.75) is 50.6 Å². The van der Waals surface area contributed by atoms with Crippen LogP contribution in [0.2, 0.25) is 0 Å². The molecular formula is C17H25N7O2. The highest BCUT2D eigenvalue weighted by molar-refractivity contribution is 5.92. The molecule has 0 N–H and O–H groups in total. The van der Waals surface area contributed by atoms with Crippen LogP contribution < -0.4 is 0 Å². The van der Waals surface area contributed by atoms with Crippen molar-refractivity contribution in [1.29, 1.82) is 0 Å². The van der Waals surface area contributed by atoms with Gasteiger partial charge in [-0.05, 0) is 50.7 Å². The molecule has 3 heterocycles. The van der Waals surface area contributed by atoms with Gasteiger partial charge in [0.1, 0.15) is 5.54 Å². The van der Waals surface area contributed by atoms with Crippen molar-refractivity contribution in [2.24, 2.45) is 0 Å². The van der Waals surface area contributed by atoms with Crippen molar-refractivity contribution in [3.63, 3.8) is 0 Å². The average Bonchev–Trinajstić information content (AvgIpc) is 3.38. The molecule has 2 aromatic heterocycles. The van der Waals surface area contributed by atoms with Gasteiger partial charge in [-0.1, -0.05) is 12.8 Å². The molecule has 0 aromatic carbocycles. The first kappa shape index (κ1) is 17.1. The van der Waals surface area contributed by atoms with Gasteiger partial charge < -0.3 is 9.32 Å². The smallest absolute Gasteiger partial charge is 0.291 e. The number of aromatic nitrogens is 5. The fourth-order valence-corrected chi connectivity index (χ4v) is 4.26. The van der Waals surface area contributed by atoms with E-state index in [1.54, 1.807) is 6.92 Å². The summed E-state index contributed by atoms with van der Waals surface area (Å²) >= 11 is 0. The number of rotatable bonds is 4. The Morgan fingerprint density at radius 3 is 2.77 bits per heavy atom. The number of carbonyl (C=O) groups excluding carboxylic acids is 1. The van der Waals surface area contributed by atoms with Crippen LogP contribution in [0.15, 0.2) is 10.8 Å². The van der Waals surface area contributed by atoms with Gasteiger partial charge in [-0.25, -0.2) is 9.67 Å². The van der Waals surface area contributed by atoms with E-state index in [4.69, 9.17) is 4.42 Å². The molecule has 2 aliphatic rings. The van der Waals surface area contributed by atoms with Gasteiger partial charge in [0.25, 0.3) is 5.91 Å². The van der Waals surface area contributed by atoms with Crippen molar-refractivity contribution in [3.8, 4) is 0 Å². The molecule has 1 aliphatic carbocycles. The van der Waals surface area contributed by atoms with Crippen LogP contribution >= 0.6 is 0 Å². The zero-order chi connectivity index (χ0) is 18.3. The van der Waals surface area contributed by atoms with E-state index in [2.05, 4.69) is 25.4 Å². The summed E-state index contributed by atoms with van der Waals surface area (Å²) in [6, 6.07) is 0.359. The maximum atomic E-state index is 12.9. The predicted molar refractivity (Wildman–Crippen MR) is 92.4 cm³/mol. The molecule has 1 amide bonds. The number of carbonyl (C=O) groups is 1. The van der Waals surface area contributed by atoms with Gasteiger partial charge in [0.2, 0.25) is 5.76 Å². The minimum Gasteiger partial charge on any atom is -0.438 e. The Balaban J connectivity index is 1.64. The first-order valence-corrected chi connectivity index (χ1v) is 9.18. The summed E-state index contributed by atoms with van der Waals surface area (Å²) < 4.78 is 7.30. The lowest BCUT2D eigenvalue weighted by Crippen LogP contribution is -2.47. The molecule has 9 nitrogen and oxygen atoms in total. The van der Waals surface area contributed by atoms with Gasteiger partial charge in [0.15, 0.2) is 12.2 Å². The Kier molecular flexibility index (Phi) is 4.26. The molecule has 1 saturated heterocycles. The van der Waals surface area contributed by atoms with Gasteiger partial charge in [-0.3, -0.25) is 9.69 Å². The molecule has 9 heteroatoms. The van der Waals surface area contributed by atoms with Crippen molar-refractivity contribution in [3.05, 3.63) is 23.7 Å². The zero-order valence-electron chi connectivity index (χ0n) is 15.6. The number of nitrogens with zero attached hydrogens (tertiary/aromatic N) is 7. The topological polar surface area (TPSA) is 93.2 Å². The van der Waals surface area contributed by atoms with E-state index in [-0.39, 0.29) is 5.91 Å². The highest BCUT2D eigenvalue weighted by atomic mass is 16.3. The molecular weight excluding hydrogens is 334 g/mol. The second-order valence-corrected chi connectivity index (χ2v) is 7.55. The number of aryl methyl sites for hydroxylation is 1. The Hall–Kier alpha value is -2.29. The number of tetrazole rings is 1. The predicted octanol–water partition coefficient (Wildman–Crippen LogP) is 1.39. The van der Waals surface area contributed by atoms with E-state index in [1.165, 1.54) is 19.2 Å². The molecule has 0 radical (unpaired) electrons. The van der Waals surface area contributed by atoms with Gasteiger partial charge in [-0.2, -0.15) is 0 Å². The van der Waals surface area contributed by atoms with E-state index < -0.39 is 5.54 Å². The summed E-state index contributed by atoms with van der Waals surface area (Å²) in [7, 11) is 4.06. The largest absolute Gasteiger partial charge is 0.438 e. The third-order valence-corrected chi connectivity index (χ3v) is 5.91. The number of amides is 1. The molecule has 2 fully saturated rings. The Morgan fingerprint density at radius 2 is 2.12 bits per heavy atom. The summed E-state index contributed by atoms with van der Waals surface area (Å²) in [5.74, 6) is 1.05. The van der Waals surface area contributed by atoms with Crippen LogP contribution in [0.5, 0.6) is 0 Å². The summed E-state index contributed by atoms with van der Waals surface area (Å²) in [6.45, 7) is 2.95. The van der Waals surface area contributed by atoms with E-state index in [1.807, 2.05) is 23.7 Å². The lowest BCUT2D eigenvalue weighted by atomic mass is 9.95. The summed E-state index contributed by atoms with van der Waals surface area (Å²) in [6.07, 6.45) is 6.76. The van der Waals surface area contributed by atoms with Crippen molar-refractivity contribution >= 4 is 5.91 Å². The van der Waals surface area contributed by atoms with Gasteiger partial charge in [0, 0.05) is 13.1 Å². The maximum Gasteiger partial charge on any atom is 0.291 e. The van der Waals surface area contributed by atoms with E-state index in [9.17, 15) is 4.79 Å². The highest BCUT2D eigenvalue weighted by Gasteiger charge is 2.48. The molecule has 2 aromatic rings. The van der Waals surface area contributed by atoms with Gasteiger partial charge >= 0.3 is 0 Å². The summed E-state index contributed by atoms with van der Waals surface area (Å²) in [5, 5.41) is 12.7. The third-order valence-electron chi connectivity index (χ3n) is 5.91. The molecule has 26 heavy (non-hydrogen) atoms.